The van der Waals surface area contributed by atoms with E-state index in [-0.39, 0.29) is 5.57 Å². The first-order chi connectivity index (χ1) is 16.9. The number of carbonyl (C=O) groups is 2. The number of aromatic nitrogens is 2. The molecule has 1 unspecified atom stereocenters. The monoisotopic (exact) mass is 513 g/mol. The summed E-state index contributed by atoms with van der Waals surface area (Å²) >= 11 is 2.49. The van der Waals surface area contributed by atoms with E-state index in [0.29, 0.717) is 46.0 Å². The van der Waals surface area contributed by atoms with E-state index in [1.165, 1.54) is 27.6 Å². The van der Waals surface area contributed by atoms with Crippen molar-refractivity contribution in [3.05, 3.63) is 62.3 Å². The zero-order chi connectivity index (χ0) is 25.1. The Morgan fingerprint density at radius 1 is 1.20 bits per heavy atom. The van der Waals surface area contributed by atoms with Crippen LogP contribution in [0.2, 0.25) is 0 Å². The molecule has 184 valence electrons. The number of hydrogen-bond donors (Lipinski definition) is 1. The van der Waals surface area contributed by atoms with Gasteiger partial charge in [0.15, 0.2) is 22.4 Å². The van der Waals surface area contributed by atoms with Crippen molar-refractivity contribution >= 4 is 39.5 Å². The molecule has 1 atom stereocenters. The summed E-state index contributed by atoms with van der Waals surface area (Å²) in [6.07, 6.45) is 3.49. The molecule has 2 aromatic heterocycles. The summed E-state index contributed by atoms with van der Waals surface area (Å²) in [5, 5.41) is 13.8. The largest absolute Gasteiger partial charge is 0.503 e. The van der Waals surface area contributed by atoms with Crippen molar-refractivity contribution in [3.63, 3.8) is 0 Å². The Morgan fingerprint density at radius 3 is 2.63 bits per heavy atom. The maximum absolute atomic E-state index is 13.7. The highest BCUT2D eigenvalue weighted by molar-refractivity contribution is 7.14. The van der Waals surface area contributed by atoms with E-state index in [9.17, 15) is 14.7 Å². The second kappa shape index (κ2) is 10.6. The molecule has 1 amide bonds. The molecular weight excluding hydrogens is 486 g/mol. The fourth-order valence-electron chi connectivity index (χ4n) is 3.96. The Kier molecular flexibility index (Phi) is 7.51. The minimum atomic E-state index is -0.883. The summed E-state index contributed by atoms with van der Waals surface area (Å²) in [4.78, 5) is 37.3. The van der Waals surface area contributed by atoms with Crippen molar-refractivity contribution in [1.29, 1.82) is 0 Å². The Balaban J connectivity index is 1.83. The molecule has 0 radical (unpaired) electrons. The Labute approximate surface area is 211 Å². The minimum absolute atomic E-state index is 0.000880. The molecular formula is C25H27N3O5S2. The molecule has 35 heavy (non-hydrogen) atoms. The maximum atomic E-state index is 13.7. The molecule has 0 aliphatic carbocycles. The SMILES string of the molecule is CCCCOc1ccc(C2C(C(=O)c3sc(C)nc3C)=C(O)C(=O)N2c2nccs2)cc1OCC. The van der Waals surface area contributed by atoms with Crippen LogP contribution in [0.4, 0.5) is 5.13 Å². The zero-order valence-electron chi connectivity index (χ0n) is 20.0. The van der Waals surface area contributed by atoms with Crippen LogP contribution in [0, 0.1) is 13.8 Å². The maximum Gasteiger partial charge on any atom is 0.296 e. The second-order valence-electron chi connectivity index (χ2n) is 7.97. The average Bonchev–Trinajstić information content (AvgIpc) is 3.54. The van der Waals surface area contributed by atoms with E-state index in [1.54, 1.807) is 36.7 Å². The van der Waals surface area contributed by atoms with Crippen molar-refractivity contribution in [2.24, 2.45) is 0 Å². The number of ketones is 1. The van der Waals surface area contributed by atoms with Crippen LogP contribution in [0.1, 0.15) is 58.7 Å². The van der Waals surface area contributed by atoms with Crippen molar-refractivity contribution < 1.29 is 24.2 Å². The molecule has 0 bridgehead atoms. The van der Waals surface area contributed by atoms with Gasteiger partial charge in [-0.2, -0.15) is 0 Å². The first kappa shape index (κ1) is 24.9. The molecule has 8 nitrogen and oxygen atoms in total. The van der Waals surface area contributed by atoms with Crippen LogP contribution < -0.4 is 14.4 Å². The van der Waals surface area contributed by atoms with Crippen LogP contribution in [-0.4, -0.2) is 40.0 Å². The molecule has 0 saturated heterocycles. The molecule has 1 aromatic carbocycles. The molecule has 0 saturated carbocycles. The number of anilines is 1. The van der Waals surface area contributed by atoms with Gasteiger partial charge in [-0.15, -0.1) is 22.7 Å². The van der Waals surface area contributed by atoms with E-state index < -0.39 is 23.5 Å². The van der Waals surface area contributed by atoms with Crippen molar-refractivity contribution in [2.45, 2.75) is 46.6 Å². The summed E-state index contributed by atoms with van der Waals surface area (Å²) in [6.45, 7) is 8.49. The number of aliphatic hydroxyl groups is 1. The number of ether oxygens (including phenoxy) is 2. The first-order valence-electron chi connectivity index (χ1n) is 11.4. The van der Waals surface area contributed by atoms with Crippen LogP contribution in [0.15, 0.2) is 41.1 Å². The number of nitrogens with zero attached hydrogens (tertiary/aromatic N) is 3. The van der Waals surface area contributed by atoms with Gasteiger partial charge < -0.3 is 14.6 Å². The number of benzene rings is 1. The van der Waals surface area contributed by atoms with Crippen LogP contribution >= 0.6 is 22.7 Å². The predicted molar refractivity (Wildman–Crippen MR) is 136 cm³/mol. The Hall–Kier alpha value is -3.24. The third-order valence-electron chi connectivity index (χ3n) is 5.53. The number of unbranched alkanes of at least 4 members (excludes halogenated alkanes) is 1. The van der Waals surface area contributed by atoms with Gasteiger partial charge in [0.2, 0.25) is 5.78 Å². The highest BCUT2D eigenvalue weighted by atomic mass is 32.1. The van der Waals surface area contributed by atoms with Crippen LogP contribution in [0.25, 0.3) is 0 Å². The topological polar surface area (TPSA) is 102 Å². The van der Waals surface area contributed by atoms with E-state index in [4.69, 9.17) is 9.47 Å². The summed E-state index contributed by atoms with van der Waals surface area (Å²) < 4.78 is 11.7. The molecule has 3 heterocycles. The Bertz CT molecular complexity index is 1270. The van der Waals surface area contributed by atoms with Gasteiger partial charge in [-0.1, -0.05) is 19.4 Å². The molecule has 4 rings (SSSR count). The summed E-state index contributed by atoms with van der Waals surface area (Å²) in [5.41, 5.74) is 1.16. The zero-order valence-corrected chi connectivity index (χ0v) is 21.7. The van der Waals surface area contributed by atoms with Gasteiger partial charge in [0.05, 0.1) is 40.4 Å². The summed E-state index contributed by atoms with van der Waals surface area (Å²) in [6, 6.07) is 4.45. The molecule has 3 aromatic rings. The highest BCUT2D eigenvalue weighted by Gasteiger charge is 2.46. The Morgan fingerprint density at radius 2 is 2.00 bits per heavy atom. The second-order valence-corrected chi connectivity index (χ2v) is 10.0. The smallest absolute Gasteiger partial charge is 0.296 e. The fraction of sp³-hybridized carbons (Fsp3) is 0.360. The van der Waals surface area contributed by atoms with Gasteiger partial charge in [-0.05, 0) is 44.9 Å². The van der Waals surface area contributed by atoms with E-state index >= 15 is 0 Å². The number of Topliss-reactive ketones (excluding diaryl/α,β-unsaturated/α-hetero) is 1. The molecule has 1 aliphatic heterocycles. The summed E-state index contributed by atoms with van der Waals surface area (Å²) in [5.74, 6) is -0.584. The molecule has 1 N–H and O–H groups in total. The average molecular weight is 514 g/mol. The molecule has 0 spiro atoms. The fourth-order valence-corrected chi connectivity index (χ4v) is 5.50. The lowest BCUT2D eigenvalue weighted by Crippen LogP contribution is -2.31. The molecule has 1 aliphatic rings. The lowest BCUT2D eigenvalue weighted by molar-refractivity contribution is -0.117. The van der Waals surface area contributed by atoms with Crippen molar-refractivity contribution in [2.75, 3.05) is 18.1 Å². The van der Waals surface area contributed by atoms with E-state index in [1.807, 2.05) is 13.8 Å². The lowest BCUT2D eigenvalue weighted by Gasteiger charge is -2.25. The number of aliphatic hydroxyl groups excluding tert-OH is 1. The first-order valence-corrected chi connectivity index (χ1v) is 13.1. The number of thiazole rings is 2. The number of aryl methyl sites for hydroxylation is 2. The van der Waals surface area contributed by atoms with Gasteiger partial charge >= 0.3 is 0 Å². The van der Waals surface area contributed by atoms with Crippen LogP contribution in [0.5, 0.6) is 11.5 Å². The van der Waals surface area contributed by atoms with Gasteiger partial charge in [-0.3, -0.25) is 14.5 Å². The van der Waals surface area contributed by atoms with Crippen molar-refractivity contribution in [1.82, 2.24) is 9.97 Å². The highest BCUT2D eigenvalue weighted by Crippen LogP contribution is 2.45. The van der Waals surface area contributed by atoms with Gasteiger partial charge in [-0.25, -0.2) is 9.97 Å². The third-order valence-corrected chi connectivity index (χ3v) is 7.37. The normalized spacial score (nSPS) is 15.7. The molecule has 10 heteroatoms. The quantitative estimate of drug-likeness (QED) is 0.279. The third kappa shape index (κ3) is 4.81. The number of amides is 1. The predicted octanol–water partition coefficient (Wildman–Crippen LogP) is 5.58. The van der Waals surface area contributed by atoms with Gasteiger partial charge in [0.1, 0.15) is 0 Å². The lowest BCUT2D eigenvalue weighted by atomic mass is 9.95. The van der Waals surface area contributed by atoms with Gasteiger partial charge in [0, 0.05) is 11.6 Å². The van der Waals surface area contributed by atoms with Crippen LogP contribution in [0.3, 0.4) is 0 Å². The minimum Gasteiger partial charge on any atom is -0.503 e. The standard InChI is InChI=1S/C25H27N3O5S2/c1-5-7-11-33-17-9-8-16(13-18(17)32-6-2)20-19(21(29)23-14(3)27-15(4)35-23)22(30)24(31)28(20)25-26-10-12-34-25/h8-10,12-13,20,30H,5-7,11H2,1-4H3. The molecule has 0 fully saturated rings. The number of carbonyl (C=O) groups excluding carboxylic acids is 2. The van der Waals surface area contributed by atoms with Crippen molar-refractivity contribution in [3.8, 4) is 11.5 Å². The number of rotatable bonds is 10. The number of hydrogen-bond acceptors (Lipinski definition) is 9. The van der Waals surface area contributed by atoms with E-state index in [2.05, 4.69) is 16.9 Å². The summed E-state index contributed by atoms with van der Waals surface area (Å²) in [7, 11) is 0. The van der Waals surface area contributed by atoms with Gasteiger partial charge in [0.25, 0.3) is 5.91 Å². The van der Waals surface area contributed by atoms with E-state index in [0.717, 1.165) is 17.8 Å². The van der Waals surface area contributed by atoms with Crippen LogP contribution in [-0.2, 0) is 4.79 Å².